The zero-order valence-corrected chi connectivity index (χ0v) is 17.6. The van der Waals surface area contributed by atoms with Gasteiger partial charge in [-0.3, -0.25) is 4.79 Å². The molecule has 3 aromatic rings. The lowest BCUT2D eigenvalue weighted by Crippen LogP contribution is -3.11. The van der Waals surface area contributed by atoms with Gasteiger partial charge in [0.05, 0.1) is 18.5 Å². The average Bonchev–Trinajstić information content (AvgIpc) is 3.31. The summed E-state index contributed by atoms with van der Waals surface area (Å²) in [5, 5.41) is 1.09. The predicted molar refractivity (Wildman–Crippen MR) is 114 cm³/mol. The molecule has 0 saturated carbocycles. The Morgan fingerprint density at radius 3 is 2.72 bits per heavy atom. The molecule has 1 aliphatic heterocycles. The Hall–Kier alpha value is -2.31. The number of nitrogens with one attached hydrogen (secondary N) is 1. The lowest BCUT2D eigenvalue weighted by molar-refractivity contribution is -0.920. The van der Waals surface area contributed by atoms with Crippen molar-refractivity contribution in [1.29, 1.82) is 0 Å². The van der Waals surface area contributed by atoms with Gasteiger partial charge in [0.2, 0.25) is 5.88 Å². The van der Waals surface area contributed by atoms with E-state index in [1.54, 1.807) is 17.0 Å². The predicted octanol–water partition coefficient (Wildman–Crippen LogP) is 3.60. The molecule has 29 heavy (non-hydrogen) atoms. The monoisotopic (exact) mass is 408 g/mol. The van der Waals surface area contributed by atoms with E-state index in [0.717, 1.165) is 47.6 Å². The molecule has 2 aliphatic rings. The Labute approximate surface area is 174 Å². The van der Waals surface area contributed by atoms with Crippen molar-refractivity contribution in [2.75, 3.05) is 13.1 Å². The van der Waals surface area contributed by atoms with E-state index in [0.29, 0.717) is 17.2 Å². The van der Waals surface area contributed by atoms with Crippen LogP contribution in [0.5, 0.6) is 11.6 Å². The maximum Gasteiger partial charge on any atom is 0.231 e. The molecule has 0 bridgehead atoms. The lowest BCUT2D eigenvalue weighted by Gasteiger charge is -2.26. The molecule has 2 aromatic heterocycles. The highest BCUT2D eigenvalue weighted by molar-refractivity contribution is 7.19. The van der Waals surface area contributed by atoms with Crippen LogP contribution in [0, 0.1) is 5.92 Å². The number of thiophene rings is 1. The molecule has 150 valence electrons. The van der Waals surface area contributed by atoms with Gasteiger partial charge in [-0.1, -0.05) is 6.92 Å². The summed E-state index contributed by atoms with van der Waals surface area (Å²) in [7, 11) is 0. The summed E-state index contributed by atoms with van der Waals surface area (Å²) < 4.78 is 6.25. The third-order valence-electron chi connectivity index (χ3n) is 6.20. The lowest BCUT2D eigenvalue weighted by atomic mass is 9.99. The van der Waals surface area contributed by atoms with Crippen LogP contribution in [0.4, 0.5) is 0 Å². The molecular weight excluding hydrogens is 382 g/mol. The highest BCUT2D eigenvalue weighted by Crippen LogP contribution is 2.41. The minimum atomic E-state index is 0.644. The summed E-state index contributed by atoms with van der Waals surface area (Å²) >= 11 is 1.81. The minimum Gasteiger partial charge on any atom is -0.438 e. The first-order chi connectivity index (χ1) is 14.2. The number of quaternary nitrogens is 1. The van der Waals surface area contributed by atoms with Crippen LogP contribution in [0.15, 0.2) is 24.3 Å². The fourth-order valence-corrected chi connectivity index (χ4v) is 5.72. The van der Waals surface area contributed by atoms with E-state index in [1.807, 2.05) is 23.5 Å². The standard InChI is InChI=1S/C23H25N3O2S/c1-15-9-11-26(12-10-15)13-20-24-22(28-17-7-5-16(14-27)6-8-17)21-18-3-2-4-19(18)29-23(21)25-20/h5-8,14-15H,2-4,9-13H2,1H3/p+1. The summed E-state index contributed by atoms with van der Waals surface area (Å²) in [4.78, 5) is 24.8. The largest absolute Gasteiger partial charge is 0.438 e. The van der Waals surface area contributed by atoms with Gasteiger partial charge >= 0.3 is 0 Å². The van der Waals surface area contributed by atoms with Crippen LogP contribution in [0.25, 0.3) is 10.2 Å². The number of aryl methyl sites for hydroxylation is 2. The van der Waals surface area contributed by atoms with Gasteiger partial charge in [0.25, 0.3) is 0 Å². The first-order valence-electron chi connectivity index (χ1n) is 10.6. The van der Waals surface area contributed by atoms with E-state index >= 15 is 0 Å². The van der Waals surface area contributed by atoms with Crippen molar-refractivity contribution < 1.29 is 14.4 Å². The number of aromatic nitrogens is 2. The number of aldehydes is 1. The van der Waals surface area contributed by atoms with Gasteiger partial charge in [0.1, 0.15) is 23.4 Å². The van der Waals surface area contributed by atoms with Crippen LogP contribution in [-0.2, 0) is 19.4 Å². The molecule has 1 saturated heterocycles. The quantitative estimate of drug-likeness (QED) is 0.656. The van der Waals surface area contributed by atoms with Crippen molar-refractivity contribution in [1.82, 2.24) is 9.97 Å². The zero-order valence-electron chi connectivity index (χ0n) is 16.7. The molecule has 0 spiro atoms. The van der Waals surface area contributed by atoms with Crippen molar-refractivity contribution in [3.8, 4) is 11.6 Å². The molecule has 1 fully saturated rings. The molecule has 0 amide bonds. The fraction of sp³-hybridized carbons (Fsp3) is 0.435. The van der Waals surface area contributed by atoms with Crippen molar-refractivity contribution in [2.24, 2.45) is 5.92 Å². The van der Waals surface area contributed by atoms with Crippen LogP contribution < -0.4 is 9.64 Å². The molecule has 0 radical (unpaired) electrons. The third kappa shape index (κ3) is 3.79. The number of benzene rings is 1. The molecule has 6 heteroatoms. The average molecular weight is 409 g/mol. The molecule has 5 nitrogen and oxygen atoms in total. The second-order valence-electron chi connectivity index (χ2n) is 8.38. The SMILES string of the molecule is CC1CC[NH+](Cc2nc(Oc3ccc(C=O)cc3)c3c4c(sc3n2)CCC4)CC1. The molecule has 1 N–H and O–H groups in total. The van der Waals surface area contributed by atoms with Crippen molar-refractivity contribution in [2.45, 2.75) is 45.6 Å². The first kappa shape index (κ1) is 18.7. The number of ether oxygens (including phenoxy) is 1. The molecule has 1 aliphatic carbocycles. The summed E-state index contributed by atoms with van der Waals surface area (Å²) in [5.41, 5.74) is 2.01. The Bertz CT molecular complexity index is 1040. The molecular formula is C23H26N3O2S+. The van der Waals surface area contributed by atoms with Crippen LogP contribution in [0.2, 0.25) is 0 Å². The van der Waals surface area contributed by atoms with Crippen LogP contribution in [0.3, 0.4) is 0 Å². The van der Waals surface area contributed by atoms with Crippen molar-refractivity contribution in [3.63, 3.8) is 0 Å². The van der Waals surface area contributed by atoms with Gasteiger partial charge in [-0.2, -0.15) is 4.98 Å². The topological polar surface area (TPSA) is 56.5 Å². The summed E-state index contributed by atoms with van der Waals surface area (Å²) in [6.07, 6.45) is 6.80. The molecule has 5 rings (SSSR count). The number of hydrogen-bond acceptors (Lipinski definition) is 5. The maximum absolute atomic E-state index is 10.9. The van der Waals surface area contributed by atoms with Crippen LogP contribution >= 0.6 is 11.3 Å². The number of nitrogens with zero attached hydrogens (tertiary/aromatic N) is 2. The van der Waals surface area contributed by atoms with Crippen LogP contribution in [0.1, 0.15) is 52.8 Å². The Balaban J connectivity index is 1.49. The number of hydrogen-bond donors (Lipinski definition) is 1. The number of fused-ring (bicyclic) bond motifs is 3. The number of rotatable bonds is 5. The highest BCUT2D eigenvalue weighted by atomic mass is 32.1. The smallest absolute Gasteiger partial charge is 0.231 e. The van der Waals surface area contributed by atoms with Gasteiger partial charge in [0, 0.05) is 10.4 Å². The van der Waals surface area contributed by atoms with E-state index in [9.17, 15) is 4.79 Å². The third-order valence-corrected chi connectivity index (χ3v) is 7.38. The second-order valence-corrected chi connectivity index (χ2v) is 9.46. The molecule has 3 heterocycles. The number of likely N-dealkylation sites (tertiary alicyclic amines) is 1. The highest BCUT2D eigenvalue weighted by Gasteiger charge is 2.25. The summed E-state index contributed by atoms with van der Waals surface area (Å²) in [5.74, 6) is 3.09. The van der Waals surface area contributed by atoms with Crippen molar-refractivity contribution >= 4 is 27.8 Å². The molecule has 0 unspecified atom stereocenters. The minimum absolute atomic E-state index is 0.644. The summed E-state index contributed by atoms with van der Waals surface area (Å²) in [6.45, 7) is 5.57. The van der Waals surface area contributed by atoms with Gasteiger partial charge in [0.15, 0.2) is 5.82 Å². The summed E-state index contributed by atoms with van der Waals surface area (Å²) in [6, 6.07) is 7.22. The molecule has 1 aromatic carbocycles. The number of carbonyl (C=O) groups excluding carboxylic acids is 1. The Kier molecular flexibility index (Phi) is 5.06. The van der Waals surface area contributed by atoms with Gasteiger partial charge in [-0.25, -0.2) is 4.98 Å². The fourth-order valence-electron chi connectivity index (χ4n) is 4.45. The van der Waals surface area contributed by atoms with E-state index in [2.05, 4.69) is 6.92 Å². The van der Waals surface area contributed by atoms with Crippen molar-refractivity contribution in [3.05, 3.63) is 46.1 Å². The normalized spacial score (nSPS) is 21.3. The van der Waals surface area contributed by atoms with Gasteiger partial charge < -0.3 is 9.64 Å². The second kappa shape index (κ2) is 7.84. The first-order valence-corrected chi connectivity index (χ1v) is 11.4. The van der Waals surface area contributed by atoms with Gasteiger partial charge in [-0.05, 0) is 67.9 Å². The number of piperidine rings is 1. The maximum atomic E-state index is 10.9. The van der Waals surface area contributed by atoms with E-state index < -0.39 is 0 Å². The molecule has 0 atom stereocenters. The van der Waals surface area contributed by atoms with E-state index in [-0.39, 0.29) is 0 Å². The van der Waals surface area contributed by atoms with E-state index in [4.69, 9.17) is 14.7 Å². The van der Waals surface area contributed by atoms with Gasteiger partial charge in [-0.15, -0.1) is 11.3 Å². The Morgan fingerprint density at radius 2 is 1.97 bits per heavy atom. The van der Waals surface area contributed by atoms with Crippen LogP contribution in [-0.4, -0.2) is 29.3 Å². The van der Waals surface area contributed by atoms with E-state index in [1.165, 1.54) is 42.8 Å². The zero-order chi connectivity index (χ0) is 19.8. The Morgan fingerprint density at radius 1 is 1.17 bits per heavy atom. The number of carbonyl (C=O) groups is 1.